The van der Waals surface area contributed by atoms with E-state index >= 15 is 0 Å². The lowest BCUT2D eigenvalue weighted by atomic mass is 9.49. The molecule has 0 aliphatic heterocycles. The molecule has 4 heteroatoms. The molecule has 0 aromatic carbocycles. The molecule has 4 aliphatic carbocycles. The maximum Gasteiger partial charge on any atom is 0.240 e. The van der Waals surface area contributed by atoms with E-state index < -0.39 is 0 Å². The fourth-order valence-electron chi connectivity index (χ4n) is 5.65. The normalized spacial score (nSPS) is 36.6. The van der Waals surface area contributed by atoms with Crippen molar-refractivity contribution in [2.24, 2.45) is 28.3 Å². The van der Waals surface area contributed by atoms with Gasteiger partial charge in [0.05, 0.1) is 11.4 Å². The van der Waals surface area contributed by atoms with Crippen molar-refractivity contribution < 1.29 is 4.79 Å². The maximum absolute atomic E-state index is 12.4. The number of hydrogen-bond acceptors (Lipinski definition) is 2. The summed E-state index contributed by atoms with van der Waals surface area (Å²) in [7, 11) is 0. The Labute approximate surface area is 131 Å². The Balaban J connectivity index is 1.39. The molecule has 4 aliphatic rings. The minimum atomic E-state index is 0.0906. The SMILES string of the molecule is C/C(=N\NC(=O)CC12CC3CC(CC(C3)C1)C2)c1ccc[nH]1. The molecule has 4 bridgehead atoms. The molecule has 1 aromatic heterocycles. The van der Waals surface area contributed by atoms with Crippen LogP contribution in [0.15, 0.2) is 23.4 Å². The highest BCUT2D eigenvalue weighted by Crippen LogP contribution is 2.61. The summed E-state index contributed by atoms with van der Waals surface area (Å²) >= 11 is 0. The summed E-state index contributed by atoms with van der Waals surface area (Å²) in [6.07, 6.45) is 10.6. The third kappa shape index (κ3) is 2.59. The molecule has 1 aromatic rings. The van der Waals surface area contributed by atoms with E-state index in [4.69, 9.17) is 0 Å². The molecular weight excluding hydrogens is 274 g/mol. The number of aromatic nitrogens is 1. The smallest absolute Gasteiger partial charge is 0.240 e. The van der Waals surface area contributed by atoms with Gasteiger partial charge in [-0.1, -0.05) is 0 Å². The summed E-state index contributed by atoms with van der Waals surface area (Å²) in [5, 5.41) is 4.25. The number of rotatable bonds is 4. The second-order valence-electron chi connectivity index (χ2n) is 7.91. The van der Waals surface area contributed by atoms with Gasteiger partial charge in [0.25, 0.3) is 0 Å². The molecule has 0 spiro atoms. The zero-order chi connectivity index (χ0) is 15.2. The van der Waals surface area contributed by atoms with Gasteiger partial charge in [-0.2, -0.15) is 5.10 Å². The summed E-state index contributed by atoms with van der Waals surface area (Å²) < 4.78 is 0. The molecule has 0 unspecified atom stereocenters. The number of H-pyrrole nitrogens is 1. The Bertz CT molecular complexity index is 552. The van der Waals surface area contributed by atoms with Crippen molar-refractivity contribution in [2.75, 3.05) is 0 Å². The van der Waals surface area contributed by atoms with Crippen LogP contribution in [0.25, 0.3) is 0 Å². The van der Waals surface area contributed by atoms with Crippen LogP contribution < -0.4 is 5.43 Å². The van der Waals surface area contributed by atoms with Crippen LogP contribution >= 0.6 is 0 Å². The van der Waals surface area contributed by atoms with Crippen LogP contribution in [-0.4, -0.2) is 16.6 Å². The lowest BCUT2D eigenvalue weighted by Crippen LogP contribution is -2.47. The van der Waals surface area contributed by atoms with Crippen LogP contribution in [0, 0.1) is 23.2 Å². The number of amides is 1. The molecule has 118 valence electrons. The lowest BCUT2D eigenvalue weighted by molar-refractivity contribution is -0.129. The first-order chi connectivity index (χ1) is 10.6. The van der Waals surface area contributed by atoms with E-state index in [1.54, 1.807) is 0 Å². The molecule has 4 saturated carbocycles. The first-order valence-electron chi connectivity index (χ1n) is 8.59. The molecule has 1 amide bonds. The quantitative estimate of drug-likeness (QED) is 0.649. The Kier molecular flexibility index (Phi) is 3.35. The van der Waals surface area contributed by atoms with Crippen LogP contribution in [0.5, 0.6) is 0 Å². The molecular formula is C18H25N3O. The molecule has 0 radical (unpaired) electrons. The molecule has 0 atom stereocenters. The van der Waals surface area contributed by atoms with Crippen LogP contribution in [0.4, 0.5) is 0 Å². The van der Waals surface area contributed by atoms with Crippen molar-refractivity contribution in [3.8, 4) is 0 Å². The average molecular weight is 299 g/mol. The van der Waals surface area contributed by atoms with E-state index in [1.165, 1.54) is 38.5 Å². The first kappa shape index (κ1) is 14.0. The van der Waals surface area contributed by atoms with Gasteiger partial charge in [0.1, 0.15) is 0 Å². The van der Waals surface area contributed by atoms with Gasteiger partial charge in [-0.3, -0.25) is 4.79 Å². The number of carbonyl (C=O) groups is 1. The second kappa shape index (κ2) is 5.25. The van der Waals surface area contributed by atoms with Gasteiger partial charge >= 0.3 is 0 Å². The van der Waals surface area contributed by atoms with Crippen LogP contribution in [0.3, 0.4) is 0 Å². The number of nitrogens with zero attached hydrogens (tertiary/aromatic N) is 1. The van der Waals surface area contributed by atoms with Crippen molar-refractivity contribution in [2.45, 2.75) is 51.9 Å². The number of carbonyl (C=O) groups excluding carboxylic acids is 1. The summed E-state index contributed by atoms with van der Waals surface area (Å²) in [4.78, 5) is 15.5. The van der Waals surface area contributed by atoms with Gasteiger partial charge in [0, 0.05) is 12.6 Å². The summed E-state index contributed by atoms with van der Waals surface area (Å²) in [6.45, 7) is 1.91. The molecule has 2 N–H and O–H groups in total. The highest BCUT2D eigenvalue weighted by atomic mass is 16.2. The number of aromatic amines is 1. The predicted octanol–water partition coefficient (Wildman–Crippen LogP) is 3.46. The lowest BCUT2D eigenvalue weighted by Gasteiger charge is -2.56. The minimum Gasteiger partial charge on any atom is -0.360 e. The summed E-state index contributed by atoms with van der Waals surface area (Å²) in [5.74, 6) is 2.77. The standard InChI is InChI=1S/C18H25N3O/c1-12(16-3-2-4-19-16)20-21-17(22)11-18-8-13-5-14(9-18)7-15(6-13)10-18/h2-4,13-15,19H,5-11H2,1H3,(H,21,22)/b20-12+. The maximum atomic E-state index is 12.4. The van der Waals surface area contributed by atoms with Crippen LogP contribution in [0.1, 0.15) is 57.6 Å². The largest absolute Gasteiger partial charge is 0.360 e. The third-order valence-corrected chi connectivity index (χ3v) is 6.04. The number of nitrogens with one attached hydrogen (secondary N) is 2. The Morgan fingerprint density at radius 3 is 2.45 bits per heavy atom. The predicted molar refractivity (Wildman–Crippen MR) is 86.4 cm³/mol. The Morgan fingerprint density at radius 1 is 1.27 bits per heavy atom. The van der Waals surface area contributed by atoms with Gasteiger partial charge < -0.3 is 4.98 Å². The van der Waals surface area contributed by atoms with E-state index in [1.807, 2.05) is 25.3 Å². The van der Waals surface area contributed by atoms with E-state index in [-0.39, 0.29) is 11.3 Å². The van der Waals surface area contributed by atoms with Crippen molar-refractivity contribution in [1.82, 2.24) is 10.4 Å². The van der Waals surface area contributed by atoms with Gasteiger partial charge in [-0.25, -0.2) is 5.43 Å². The fraction of sp³-hybridized carbons (Fsp3) is 0.667. The number of hydrogen-bond donors (Lipinski definition) is 2. The van der Waals surface area contributed by atoms with E-state index in [2.05, 4.69) is 15.5 Å². The highest BCUT2D eigenvalue weighted by Gasteiger charge is 2.51. The van der Waals surface area contributed by atoms with Gasteiger partial charge in [-0.15, -0.1) is 0 Å². The molecule has 1 heterocycles. The van der Waals surface area contributed by atoms with Crippen molar-refractivity contribution in [1.29, 1.82) is 0 Å². The molecule has 22 heavy (non-hydrogen) atoms. The second-order valence-corrected chi connectivity index (χ2v) is 7.91. The first-order valence-corrected chi connectivity index (χ1v) is 8.59. The molecule has 0 saturated heterocycles. The molecule has 4 fully saturated rings. The molecule has 5 rings (SSSR count). The Hall–Kier alpha value is -1.58. The van der Waals surface area contributed by atoms with Gasteiger partial charge in [-0.05, 0) is 80.8 Å². The summed E-state index contributed by atoms with van der Waals surface area (Å²) in [5.41, 5.74) is 4.84. The van der Waals surface area contributed by atoms with Crippen molar-refractivity contribution in [3.63, 3.8) is 0 Å². The Morgan fingerprint density at radius 2 is 1.91 bits per heavy atom. The van der Waals surface area contributed by atoms with E-state index in [0.717, 1.165) is 29.2 Å². The van der Waals surface area contributed by atoms with Gasteiger partial charge in [0.15, 0.2) is 0 Å². The highest BCUT2D eigenvalue weighted by molar-refractivity contribution is 5.97. The monoisotopic (exact) mass is 299 g/mol. The topological polar surface area (TPSA) is 57.2 Å². The van der Waals surface area contributed by atoms with Crippen LogP contribution in [-0.2, 0) is 4.79 Å². The van der Waals surface area contributed by atoms with Crippen molar-refractivity contribution in [3.05, 3.63) is 24.0 Å². The number of hydrazone groups is 1. The zero-order valence-corrected chi connectivity index (χ0v) is 13.3. The molecule has 4 nitrogen and oxygen atoms in total. The van der Waals surface area contributed by atoms with E-state index in [9.17, 15) is 4.79 Å². The van der Waals surface area contributed by atoms with Gasteiger partial charge in [0.2, 0.25) is 5.91 Å². The minimum absolute atomic E-state index is 0.0906. The van der Waals surface area contributed by atoms with Crippen molar-refractivity contribution >= 4 is 11.6 Å². The average Bonchev–Trinajstić information content (AvgIpc) is 2.97. The fourth-order valence-corrected chi connectivity index (χ4v) is 5.65. The van der Waals surface area contributed by atoms with Crippen LogP contribution in [0.2, 0.25) is 0 Å². The summed E-state index contributed by atoms with van der Waals surface area (Å²) in [6, 6.07) is 3.90. The van der Waals surface area contributed by atoms with E-state index in [0.29, 0.717) is 6.42 Å². The zero-order valence-electron chi connectivity index (χ0n) is 13.3. The third-order valence-electron chi connectivity index (χ3n) is 6.04.